The van der Waals surface area contributed by atoms with E-state index in [2.05, 4.69) is 10.3 Å². The number of fused-ring (bicyclic) bond motifs is 1. The third kappa shape index (κ3) is 3.60. The number of hydrogen-bond donors (Lipinski definition) is 1. The molecule has 7 heteroatoms. The number of hydrogen-bond acceptors (Lipinski definition) is 5. The van der Waals surface area contributed by atoms with Crippen molar-refractivity contribution in [3.63, 3.8) is 0 Å². The molecule has 0 saturated heterocycles. The molecule has 0 unspecified atom stereocenters. The van der Waals surface area contributed by atoms with Crippen LogP contribution in [0.1, 0.15) is 39.6 Å². The molecule has 0 aliphatic rings. The van der Waals surface area contributed by atoms with Crippen LogP contribution in [0.2, 0.25) is 0 Å². The van der Waals surface area contributed by atoms with Gasteiger partial charge >= 0.3 is 11.7 Å². The maximum absolute atomic E-state index is 13.6. The highest BCUT2D eigenvalue weighted by Gasteiger charge is 2.21. The lowest BCUT2D eigenvalue weighted by Crippen LogP contribution is -2.34. The van der Waals surface area contributed by atoms with Gasteiger partial charge in [-0.3, -0.25) is 0 Å². The van der Waals surface area contributed by atoms with Gasteiger partial charge in [0, 0.05) is 0 Å². The number of nitrogens with one attached hydrogen (secondary N) is 1. The maximum Gasteiger partial charge on any atom is 0.408 e. The van der Waals surface area contributed by atoms with Crippen LogP contribution in [0.15, 0.2) is 27.4 Å². The first-order valence-electron chi connectivity index (χ1n) is 6.76. The van der Waals surface area contributed by atoms with Crippen LogP contribution in [0.4, 0.5) is 9.18 Å². The molecule has 0 aliphatic carbocycles. The molecule has 0 radical (unpaired) electrons. The fourth-order valence-electron chi connectivity index (χ4n) is 1.83. The molecule has 118 valence electrons. The number of aromatic nitrogens is 1. The molecule has 1 aromatic heterocycles. The van der Waals surface area contributed by atoms with Crippen molar-refractivity contribution in [2.45, 2.75) is 39.3 Å². The molecule has 0 fully saturated rings. The van der Waals surface area contributed by atoms with E-state index in [4.69, 9.17) is 9.15 Å². The molecule has 1 heterocycles. The van der Waals surface area contributed by atoms with Crippen molar-refractivity contribution in [2.24, 2.45) is 0 Å². The molecule has 2 rings (SSSR count). The number of halogens is 1. The summed E-state index contributed by atoms with van der Waals surface area (Å²) >= 11 is 0. The minimum Gasteiger partial charge on any atom is -0.444 e. The Morgan fingerprint density at radius 3 is 2.73 bits per heavy atom. The number of ether oxygens (including phenoxy) is 1. The van der Waals surface area contributed by atoms with Gasteiger partial charge in [0.25, 0.3) is 0 Å². The Labute approximate surface area is 126 Å². The van der Waals surface area contributed by atoms with Crippen LogP contribution in [0.5, 0.6) is 0 Å². The molecule has 1 atom stereocenters. The van der Waals surface area contributed by atoms with E-state index in [1.807, 2.05) is 0 Å². The second kappa shape index (κ2) is 5.75. The Morgan fingerprint density at radius 2 is 2.09 bits per heavy atom. The third-order valence-corrected chi connectivity index (χ3v) is 2.73. The average Bonchev–Trinajstić information content (AvgIpc) is 2.35. The molecule has 0 spiro atoms. The molecule has 6 nitrogen and oxygen atoms in total. The largest absolute Gasteiger partial charge is 0.444 e. The zero-order valence-electron chi connectivity index (χ0n) is 12.8. The first-order chi connectivity index (χ1) is 10.2. The minimum absolute atomic E-state index is 0.0195. The van der Waals surface area contributed by atoms with Gasteiger partial charge in [-0.1, -0.05) is 6.07 Å². The monoisotopic (exact) mass is 308 g/mol. The van der Waals surface area contributed by atoms with E-state index >= 15 is 0 Å². The van der Waals surface area contributed by atoms with Crippen LogP contribution < -0.4 is 10.9 Å². The van der Waals surface area contributed by atoms with Gasteiger partial charge in [-0.15, -0.1) is 0 Å². The van der Waals surface area contributed by atoms with E-state index < -0.39 is 29.2 Å². The molecular formula is C15H17FN2O4. The van der Waals surface area contributed by atoms with Gasteiger partial charge in [0.05, 0.1) is 5.52 Å². The smallest absolute Gasteiger partial charge is 0.408 e. The van der Waals surface area contributed by atoms with Crippen LogP contribution in [0.3, 0.4) is 0 Å². The predicted octanol–water partition coefficient (Wildman–Crippen LogP) is 2.91. The summed E-state index contributed by atoms with van der Waals surface area (Å²) in [6, 6.07) is 3.40. The van der Waals surface area contributed by atoms with E-state index in [0.29, 0.717) is 0 Å². The third-order valence-electron chi connectivity index (χ3n) is 2.73. The highest BCUT2D eigenvalue weighted by molar-refractivity contribution is 5.77. The Morgan fingerprint density at radius 1 is 1.41 bits per heavy atom. The number of alkyl carbamates (subject to hydrolysis) is 1. The lowest BCUT2D eigenvalue weighted by molar-refractivity contribution is 0.0499. The van der Waals surface area contributed by atoms with Gasteiger partial charge < -0.3 is 14.5 Å². The van der Waals surface area contributed by atoms with E-state index in [1.165, 1.54) is 12.1 Å². The first kappa shape index (κ1) is 15.9. The van der Waals surface area contributed by atoms with E-state index in [9.17, 15) is 14.0 Å². The zero-order valence-corrected chi connectivity index (χ0v) is 12.8. The summed E-state index contributed by atoms with van der Waals surface area (Å²) in [5, 5.41) is 2.30. The number of nitrogens with zero attached hydrogens (tertiary/aromatic N) is 1. The number of amides is 1. The average molecular weight is 308 g/mol. The molecular weight excluding hydrogens is 291 g/mol. The molecule has 22 heavy (non-hydrogen) atoms. The summed E-state index contributed by atoms with van der Waals surface area (Å²) in [6.45, 7) is 6.78. The Kier molecular flexibility index (Phi) is 4.16. The number of carbonyl (C=O) groups is 1. The SMILES string of the molecule is C[C@H](NC(=O)OC(C)(C)C)c1nc2cccc(F)c2c(=O)o1. The van der Waals surface area contributed by atoms with Gasteiger partial charge in [0.15, 0.2) is 0 Å². The molecule has 2 aromatic rings. The van der Waals surface area contributed by atoms with Gasteiger partial charge in [0.1, 0.15) is 22.8 Å². The second-order valence-electron chi connectivity index (χ2n) is 5.84. The summed E-state index contributed by atoms with van der Waals surface area (Å²) in [4.78, 5) is 27.6. The zero-order chi connectivity index (χ0) is 16.5. The van der Waals surface area contributed by atoms with Crippen molar-refractivity contribution in [1.29, 1.82) is 0 Å². The Hall–Kier alpha value is -2.44. The Bertz CT molecular complexity index is 764. The van der Waals surface area contributed by atoms with Crippen molar-refractivity contribution < 1.29 is 18.3 Å². The van der Waals surface area contributed by atoms with E-state index in [1.54, 1.807) is 27.7 Å². The molecule has 1 N–H and O–H groups in total. The van der Waals surface area contributed by atoms with E-state index in [-0.39, 0.29) is 16.8 Å². The first-order valence-corrected chi connectivity index (χ1v) is 6.76. The summed E-state index contributed by atoms with van der Waals surface area (Å²) in [5.74, 6) is -0.716. The van der Waals surface area contributed by atoms with Crippen LogP contribution in [0.25, 0.3) is 10.9 Å². The molecule has 0 aliphatic heterocycles. The Balaban J connectivity index is 2.28. The predicted molar refractivity (Wildman–Crippen MR) is 78.0 cm³/mol. The van der Waals surface area contributed by atoms with Crippen molar-refractivity contribution in [3.8, 4) is 0 Å². The number of carbonyl (C=O) groups excluding carboxylic acids is 1. The summed E-state index contributed by atoms with van der Waals surface area (Å²) in [5.41, 5.74) is -1.31. The molecule has 0 bridgehead atoms. The second-order valence-corrected chi connectivity index (χ2v) is 5.84. The van der Waals surface area contributed by atoms with Crippen molar-refractivity contribution >= 4 is 17.0 Å². The van der Waals surface area contributed by atoms with Gasteiger partial charge in [0.2, 0.25) is 5.89 Å². The van der Waals surface area contributed by atoms with Crippen molar-refractivity contribution in [1.82, 2.24) is 10.3 Å². The highest BCUT2D eigenvalue weighted by Crippen LogP contribution is 2.16. The van der Waals surface area contributed by atoms with Crippen molar-refractivity contribution in [3.05, 3.63) is 40.3 Å². The van der Waals surface area contributed by atoms with E-state index in [0.717, 1.165) is 6.07 Å². The lowest BCUT2D eigenvalue weighted by Gasteiger charge is -2.21. The van der Waals surface area contributed by atoms with Crippen LogP contribution >= 0.6 is 0 Å². The highest BCUT2D eigenvalue weighted by atomic mass is 19.1. The molecule has 1 amide bonds. The van der Waals surface area contributed by atoms with Crippen LogP contribution in [0, 0.1) is 5.82 Å². The number of benzene rings is 1. The fourth-order valence-corrected chi connectivity index (χ4v) is 1.83. The van der Waals surface area contributed by atoms with Crippen molar-refractivity contribution in [2.75, 3.05) is 0 Å². The standard InChI is InChI=1S/C15H17FN2O4/c1-8(17-14(20)22-15(2,3)4)12-18-10-7-5-6-9(16)11(10)13(19)21-12/h5-8H,1-4H3,(H,17,20)/t8-/m0/s1. The summed E-state index contributed by atoms with van der Waals surface area (Å²) in [7, 11) is 0. The van der Waals surface area contributed by atoms with Crippen LogP contribution in [-0.2, 0) is 4.74 Å². The van der Waals surface area contributed by atoms with Gasteiger partial charge in [-0.2, -0.15) is 0 Å². The minimum atomic E-state index is -0.837. The topological polar surface area (TPSA) is 81.4 Å². The summed E-state index contributed by atoms with van der Waals surface area (Å²) in [6.07, 6.45) is -0.663. The maximum atomic E-state index is 13.6. The van der Waals surface area contributed by atoms with Gasteiger partial charge in [-0.05, 0) is 39.8 Å². The normalized spacial score (nSPS) is 13.0. The summed E-state index contributed by atoms with van der Waals surface area (Å²) < 4.78 is 23.7. The fraction of sp³-hybridized carbons (Fsp3) is 0.400. The quantitative estimate of drug-likeness (QED) is 0.922. The lowest BCUT2D eigenvalue weighted by atomic mass is 10.2. The number of rotatable bonds is 2. The van der Waals surface area contributed by atoms with Gasteiger partial charge in [-0.25, -0.2) is 19.0 Å². The molecule has 0 saturated carbocycles. The molecule has 1 aromatic carbocycles. The van der Waals surface area contributed by atoms with Crippen LogP contribution in [-0.4, -0.2) is 16.7 Å².